The summed E-state index contributed by atoms with van der Waals surface area (Å²) in [5, 5.41) is 2.88. The van der Waals surface area contributed by atoms with Gasteiger partial charge in [0.15, 0.2) is 0 Å². The van der Waals surface area contributed by atoms with Crippen LogP contribution in [0.4, 0.5) is 0 Å². The van der Waals surface area contributed by atoms with Gasteiger partial charge in [-0.1, -0.05) is 6.07 Å². The summed E-state index contributed by atoms with van der Waals surface area (Å²) in [5.41, 5.74) is 0.452. The van der Waals surface area contributed by atoms with Gasteiger partial charge in [-0.15, -0.1) is 0 Å². The van der Waals surface area contributed by atoms with Gasteiger partial charge in [-0.2, -0.15) is 0 Å². The van der Waals surface area contributed by atoms with Crippen LogP contribution >= 0.6 is 15.9 Å². The van der Waals surface area contributed by atoms with Crippen LogP contribution in [0.25, 0.3) is 0 Å². The Bertz CT molecular complexity index is 406. The van der Waals surface area contributed by atoms with Gasteiger partial charge in [0.2, 0.25) is 0 Å². The molecule has 0 aliphatic heterocycles. The third-order valence-corrected chi connectivity index (χ3v) is 3.31. The molecule has 0 radical (unpaired) electrons. The predicted octanol–water partition coefficient (Wildman–Crippen LogP) is 1.67. The Labute approximate surface area is 110 Å². The van der Waals surface area contributed by atoms with Gasteiger partial charge < -0.3 is 10.2 Å². The second kappa shape index (κ2) is 5.60. The lowest BCUT2D eigenvalue weighted by Crippen LogP contribution is -2.34. The molecular formula is C12H16BrN3O. The van der Waals surface area contributed by atoms with Gasteiger partial charge in [0.05, 0.1) is 0 Å². The standard InChI is InChI=1S/C12H16BrN3O/c1-16(9-5-6-9)8-7-14-12(17)10-3-2-4-11(13)15-10/h2-4,9H,5-8H2,1H3,(H,14,17). The van der Waals surface area contributed by atoms with Crippen molar-refractivity contribution in [1.82, 2.24) is 15.2 Å². The average molecular weight is 298 g/mol. The van der Waals surface area contributed by atoms with Crippen molar-refractivity contribution in [2.75, 3.05) is 20.1 Å². The Morgan fingerprint density at radius 2 is 2.35 bits per heavy atom. The molecule has 1 fully saturated rings. The number of pyridine rings is 1. The van der Waals surface area contributed by atoms with Gasteiger partial charge in [0.1, 0.15) is 10.3 Å². The lowest BCUT2D eigenvalue weighted by Gasteiger charge is -2.15. The van der Waals surface area contributed by atoms with E-state index in [1.54, 1.807) is 12.1 Å². The van der Waals surface area contributed by atoms with E-state index in [2.05, 4.69) is 38.2 Å². The van der Waals surface area contributed by atoms with E-state index in [0.29, 0.717) is 16.8 Å². The van der Waals surface area contributed by atoms with E-state index < -0.39 is 0 Å². The summed E-state index contributed by atoms with van der Waals surface area (Å²) in [5.74, 6) is -0.115. The van der Waals surface area contributed by atoms with Gasteiger partial charge in [-0.05, 0) is 48.0 Å². The summed E-state index contributed by atoms with van der Waals surface area (Å²) in [6, 6.07) is 6.06. The minimum Gasteiger partial charge on any atom is -0.349 e. The Morgan fingerprint density at radius 3 is 3.00 bits per heavy atom. The van der Waals surface area contributed by atoms with Crippen LogP contribution in [0, 0.1) is 0 Å². The molecule has 1 aliphatic rings. The normalized spacial score (nSPS) is 15.0. The molecule has 0 spiro atoms. The van der Waals surface area contributed by atoms with E-state index in [1.807, 2.05) is 6.07 Å². The number of nitrogens with zero attached hydrogens (tertiary/aromatic N) is 2. The first-order valence-electron chi connectivity index (χ1n) is 5.78. The SMILES string of the molecule is CN(CCNC(=O)c1cccc(Br)n1)C1CC1. The first kappa shape index (κ1) is 12.5. The third kappa shape index (κ3) is 3.78. The maximum Gasteiger partial charge on any atom is 0.269 e. The van der Waals surface area contributed by atoms with E-state index in [9.17, 15) is 4.79 Å². The Kier molecular flexibility index (Phi) is 4.12. The number of rotatable bonds is 5. The molecule has 1 saturated carbocycles. The minimum atomic E-state index is -0.115. The molecule has 5 heteroatoms. The van der Waals surface area contributed by atoms with Crippen molar-refractivity contribution in [2.24, 2.45) is 0 Å². The van der Waals surface area contributed by atoms with Crippen molar-refractivity contribution < 1.29 is 4.79 Å². The molecule has 17 heavy (non-hydrogen) atoms. The van der Waals surface area contributed by atoms with E-state index >= 15 is 0 Å². The monoisotopic (exact) mass is 297 g/mol. The number of nitrogens with one attached hydrogen (secondary N) is 1. The maximum atomic E-state index is 11.8. The van der Waals surface area contributed by atoms with Crippen molar-refractivity contribution in [2.45, 2.75) is 18.9 Å². The molecule has 1 N–H and O–H groups in total. The summed E-state index contributed by atoms with van der Waals surface area (Å²) >= 11 is 3.25. The number of hydrogen-bond donors (Lipinski definition) is 1. The first-order valence-corrected chi connectivity index (χ1v) is 6.57. The molecule has 0 bridgehead atoms. The van der Waals surface area contributed by atoms with E-state index in [0.717, 1.165) is 12.6 Å². The number of likely N-dealkylation sites (N-methyl/N-ethyl adjacent to an activating group) is 1. The highest BCUT2D eigenvalue weighted by Crippen LogP contribution is 2.24. The Morgan fingerprint density at radius 1 is 1.59 bits per heavy atom. The summed E-state index contributed by atoms with van der Waals surface area (Å²) in [6.07, 6.45) is 2.58. The van der Waals surface area contributed by atoms with Crippen molar-refractivity contribution in [3.05, 3.63) is 28.5 Å². The summed E-state index contributed by atoms with van der Waals surface area (Å²) < 4.78 is 0.681. The van der Waals surface area contributed by atoms with Crippen LogP contribution in [0.5, 0.6) is 0 Å². The molecule has 0 aromatic carbocycles. The smallest absolute Gasteiger partial charge is 0.269 e. The fourth-order valence-electron chi connectivity index (χ4n) is 1.67. The number of halogens is 1. The van der Waals surface area contributed by atoms with E-state index in [-0.39, 0.29) is 5.91 Å². The lowest BCUT2D eigenvalue weighted by atomic mass is 10.3. The zero-order valence-electron chi connectivity index (χ0n) is 9.82. The van der Waals surface area contributed by atoms with E-state index in [4.69, 9.17) is 0 Å². The Balaban J connectivity index is 1.76. The molecule has 4 nitrogen and oxygen atoms in total. The zero-order valence-corrected chi connectivity index (χ0v) is 11.4. The van der Waals surface area contributed by atoms with Crippen LogP contribution in [0.15, 0.2) is 22.8 Å². The summed E-state index contributed by atoms with van der Waals surface area (Å²) in [7, 11) is 2.10. The van der Waals surface area contributed by atoms with Gasteiger partial charge >= 0.3 is 0 Å². The highest BCUT2D eigenvalue weighted by molar-refractivity contribution is 9.10. The summed E-state index contributed by atoms with van der Waals surface area (Å²) in [6.45, 7) is 1.56. The van der Waals surface area contributed by atoms with E-state index in [1.165, 1.54) is 12.8 Å². The van der Waals surface area contributed by atoms with Crippen LogP contribution in [0.2, 0.25) is 0 Å². The molecule has 1 aromatic heterocycles. The predicted molar refractivity (Wildman–Crippen MR) is 69.9 cm³/mol. The molecule has 1 amide bonds. The minimum absolute atomic E-state index is 0.115. The number of aromatic nitrogens is 1. The zero-order chi connectivity index (χ0) is 12.3. The lowest BCUT2D eigenvalue weighted by molar-refractivity contribution is 0.0944. The molecule has 1 heterocycles. The number of carbonyl (C=O) groups excluding carboxylic acids is 1. The molecular weight excluding hydrogens is 282 g/mol. The second-order valence-corrected chi connectivity index (χ2v) is 5.13. The molecule has 0 unspecified atom stereocenters. The molecule has 1 aromatic rings. The second-order valence-electron chi connectivity index (χ2n) is 4.31. The quantitative estimate of drug-likeness (QED) is 0.841. The average Bonchev–Trinajstić information content (AvgIpc) is 3.12. The fraction of sp³-hybridized carbons (Fsp3) is 0.500. The summed E-state index contributed by atoms with van der Waals surface area (Å²) in [4.78, 5) is 18.1. The van der Waals surface area contributed by atoms with Gasteiger partial charge in [-0.25, -0.2) is 4.98 Å². The fourth-order valence-corrected chi connectivity index (χ4v) is 2.01. The van der Waals surface area contributed by atoms with Crippen molar-refractivity contribution >= 4 is 21.8 Å². The maximum absolute atomic E-state index is 11.8. The van der Waals surface area contributed by atoms with Gasteiger partial charge in [0, 0.05) is 19.1 Å². The highest BCUT2D eigenvalue weighted by Gasteiger charge is 2.25. The van der Waals surface area contributed by atoms with Crippen LogP contribution in [0.3, 0.4) is 0 Å². The van der Waals surface area contributed by atoms with Crippen LogP contribution in [-0.4, -0.2) is 42.0 Å². The Hall–Kier alpha value is -0.940. The van der Waals surface area contributed by atoms with Crippen LogP contribution < -0.4 is 5.32 Å². The van der Waals surface area contributed by atoms with Crippen LogP contribution in [0.1, 0.15) is 23.3 Å². The number of carbonyl (C=O) groups is 1. The number of amides is 1. The largest absolute Gasteiger partial charge is 0.349 e. The number of hydrogen-bond acceptors (Lipinski definition) is 3. The topological polar surface area (TPSA) is 45.2 Å². The molecule has 92 valence electrons. The third-order valence-electron chi connectivity index (χ3n) is 2.87. The molecule has 0 saturated heterocycles. The highest BCUT2D eigenvalue weighted by atomic mass is 79.9. The first-order chi connectivity index (χ1) is 8.16. The molecule has 1 aliphatic carbocycles. The van der Waals surface area contributed by atoms with Crippen molar-refractivity contribution in [3.8, 4) is 0 Å². The van der Waals surface area contributed by atoms with Crippen molar-refractivity contribution in [3.63, 3.8) is 0 Å². The van der Waals surface area contributed by atoms with Crippen LogP contribution in [-0.2, 0) is 0 Å². The van der Waals surface area contributed by atoms with Gasteiger partial charge in [0.25, 0.3) is 5.91 Å². The van der Waals surface area contributed by atoms with Gasteiger partial charge in [-0.3, -0.25) is 4.79 Å². The molecule has 2 rings (SSSR count). The molecule has 0 atom stereocenters. The van der Waals surface area contributed by atoms with Crippen molar-refractivity contribution in [1.29, 1.82) is 0 Å².